The number of aryl methyl sites for hydroxylation is 2. The van der Waals surface area contributed by atoms with Gasteiger partial charge in [-0.1, -0.05) is 13.8 Å². The summed E-state index contributed by atoms with van der Waals surface area (Å²) in [5.74, 6) is -0.158. The van der Waals surface area contributed by atoms with E-state index in [9.17, 15) is 4.79 Å². The van der Waals surface area contributed by atoms with Gasteiger partial charge < -0.3 is 10.1 Å². The van der Waals surface area contributed by atoms with E-state index in [4.69, 9.17) is 4.74 Å². The number of hydrogen-bond donors (Lipinski definition) is 1. The molecule has 2 heterocycles. The van der Waals surface area contributed by atoms with Crippen LogP contribution in [0, 0.1) is 13.8 Å². The van der Waals surface area contributed by atoms with Crippen LogP contribution in [0.1, 0.15) is 47.6 Å². The summed E-state index contributed by atoms with van der Waals surface area (Å²) in [7, 11) is 1.63. The summed E-state index contributed by atoms with van der Waals surface area (Å²) in [6.07, 6.45) is 3.29. The van der Waals surface area contributed by atoms with Crippen LogP contribution in [0.2, 0.25) is 0 Å². The van der Waals surface area contributed by atoms with Gasteiger partial charge in [-0.25, -0.2) is 9.50 Å². The summed E-state index contributed by atoms with van der Waals surface area (Å²) in [6, 6.07) is -0.00967. The summed E-state index contributed by atoms with van der Waals surface area (Å²) in [6.45, 7) is 8.58. The van der Waals surface area contributed by atoms with Crippen LogP contribution < -0.4 is 5.32 Å². The van der Waals surface area contributed by atoms with Gasteiger partial charge in [-0.3, -0.25) is 4.79 Å². The Hall–Kier alpha value is -1.95. The number of ether oxygens (including phenoxy) is 1. The van der Waals surface area contributed by atoms with E-state index < -0.39 is 0 Å². The topological polar surface area (TPSA) is 68.5 Å². The highest BCUT2D eigenvalue weighted by molar-refractivity contribution is 5.99. The van der Waals surface area contributed by atoms with E-state index in [1.54, 1.807) is 17.8 Å². The third-order valence-electron chi connectivity index (χ3n) is 4.00. The Morgan fingerprint density at radius 2 is 2.14 bits per heavy atom. The van der Waals surface area contributed by atoms with E-state index in [0.29, 0.717) is 17.8 Å². The molecule has 0 spiro atoms. The van der Waals surface area contributed by atoms with Gasteiger partial charge in [0, 0.05) is 18.5 Å². The second-order valence-electron chi connectivity index (χ2n) is 5.44. The molecule has 2 rings (SSSR count). The third-order valence-corrected chi connectivity index (χ3v) is 4.00. The highest BCUT2D eigenvalue weighted by Crippen LogP contribution is 2.17. The fourth-order valence-corrected chi connectivity index (χ4v) is 2.71. The van der Waals surface area contributed by atoms with Gasteiger partial charge in [0.05, 0.1) is 18.8 Å². The Balaban J connectivity index is 2.38. The predicted octanol–water partition coefficient (Wildman–Crippen LogP) is 2.06. The lowest BCUT2D eigenvalue weighted by molar-refractivity contribution is 0.0896. The molecular formula is C16H24N4O2. The van der Waals surface area contributed by atoms with E-state index in [-0.39, 0.29) is 11.9 Å². The molecular weight excluding hydrogens is 280 g/mol. The second kappa shape index (κ2) is 6.87. The average Bonchev–Trinajstić information content (AvgIpc) is 2.91. The Morgan fingerprint density at radius 1 is 1.41 bits per heavy atom. The summed E-state index contributed by atoms with van der Waals surface area (Å²) in [5, 5.41) is 7.30. The molecule has 1 unspecified atom stereocenters. The minimum absolute atomic E-state index is 0.00967. The van der Waals surface area contributed by atoms with E-state index in [0.717, 1.165) is 24.2 Å². The van der Waals surface area contributed by atoms with Gasteiger partial charge in [-0.15, -0.1) is 0 Å². The molecule has 1 amide bonds. The largest absolute Gasteiger partial charge is 0.383 e. The van der Waals surface area contributed by atoms with Crippen molar-refractivity contribution in [1.29, 1.82) is 0 Å². The van der Waals surface area contributed by atoms with E-state index >= 15 is 0 Å². The van der Waals surface area contributed by atoms with Gasteiger partial charge in [-0.2, -0.15) is 5.10 Å². The molecule has 0 saturated heterocycles. The number of aromatic nitrogens is 3. The monoisotopic (exact) mass is 304 g/mol. The van der Waals surface area contributed by atoms with Crippen molar-refractivity contribution in [2.75, 3.05) is 13.7 Å². The van der Waals surface area contributed by atoms with Crippen LogP contribution in [0.3, 0.4) is 0 Å². The normalized spacial score (nSPS) is 12.6. The van der Waals surface area contributed by atoms with Crippen molar-refractivity contribution in [2.24, 2.45) is 0 Å². The molecule has 1 N–H and O–H groups in total. The zero-order valence-electron chi connectivity index (χ0n) is 13.9. The summed E-state index contributed by atoms with van der Waals surface area (Å²) in [4.78, 5) is 17.1. The first-order valence-electron chi connectivity index (χ1n) is 7.67. The Morgan fingerprint density at radius 3 is 2.73 bits per heavy atom. The molecule has 0 fully saturated rings. The fourth-order valence-electron chi connectivity index (χ4n) is 2.71. The van der Waals surface area contributed by atoms with Crippen LogP contribution in [0.25, 0.3) is 5.65 Å². The van der Waals surface area contributed by atoms with Gasteiger partial charge in [0.2, 0.25) is 0 Å². The van der Waals surface area contributed by atoms with Crippen molar-refractivity contribution in [1.82, 2.24) is 19.9 Å². The number of nitrogens with one attached hydrogen (secondary N) is 1. The SMILES string of the molecule is CCc1c(C)nc2c(C(=O)NC(CC)COC)cnn2c1C. The van der Waals surface area contributed by atoms with Crippen LogP contribution in [0.15, 0.2) is 6.20 Å². The van der Waals surface area contributed by atoms with Gasteiger partial charge in [0.1, 0.15) is 5.56 Å². The van der Waals surface area contributed by atoms with E-state index in [1.165, 1.54) is 5.56 Å². The molecule has 0 aliphatic rings. The summed E-state index contributed by atoms with van der Waals surface area (Å²) >= 11 is 0. The minimum atomic E-state index is -0.158. The molecule has 22 heavy (non-hydrogen) atoms. The first kappa shape index (κ1) is 16.4. The number of nitrogens with zero attached hydrogens (tertiary/aromatic N) is 3. The number of amides is 1. The van der Waals surface area contributed by atoms with Crippen molar-refractivity contribution >= 4 is 11.6 Å². The van der Waals surface area contributed by atoms with Crippen LogP contribution in [-0.4, -0.2) is 40.3 Å². The molecule has 0 saturated carbocycles. The fraction of sp³-hybridized carbons (Fsp3) is 0.562. The first-order valence-corrected chi connectivity index (χ1v) is 7.67. The lowest BCUT2D eigenvalue weighted by Crippen LogP contribution is -2.37. The molecule has 2 aromatic rings. The molecule has 0 radical (unpaired) electrons. The zero-order chi connectivity index (χ0) is 16.3. The molecule has 0 aromatic carbocycles. The summed E-state index contributed by atoms with van der Waals surface area (Å²) in [5.41, 5.74) is 4.27. The number of carbonyl (C=O) groups is 1. The Bertz CT molecular complexity index is 678. The molecule has 2 aromatic heterocycles. The highest BCUT2D eigenvalue weighted by atomic mass is 16.5. The zero-order valence-corrected chi connectivity index (χ0v) is 13.9. The first-order chi connectivity index (χ1) is 10.5. The lowest BCUT2D eigenvalue weighted by Gasteiger charge is -2.15. The maximum absolute atomic E-state index is 12.5. The number of rotatable bonds is 6. The number of fused-ring (bicyclic) bond motifs is 1. The quantitative estimate of drug-likeness (QED) is 0.887. The minimum Gasteiger partial charge on any atom is -0.383 e. The number of methoxy groups -OCH3 is 1. The van der Waals surface area contributed by atoms with Gasteiger partial charge in [-0.05, 0) is 32.3 Å². The molecule has 120 valence electrons. The third kappa shape index (κ3) is 2.97. The molecule has 0 aliphatic heterocycles. The van der Waals surface area contributed by atoms with E-state index in [2.05, 4.69) is 22.3 Å². The van der Waals surface area contributed by atoms with Crippen LogP contribution in [0.4, 0.5) is 0 Å². The van der Waals surface area contributed by atoms with Crippen molar-refractivity contribution in [3.63, 3.8) is 0 Å². The smallest absolute Gasteiger partial charge is 0.257 e. The van der Waals surface area contributed by atoms with Gasteiger partial charge >= 0.3 is 0 Å². The second-order valence-corrected chi connectivity index (χ2v) is 5.44. The standard InChI is InChI=1S/C16H24N4O2/c1-6-12(9-22-5)19-16(21)14-8-17-20-11(4)13(7-2)10(3)18-15(14)20/h8,12H,6-7,9H2,1-5H3,(H,19,21). The average molecular weight is 304 g/mol. The van der Waals surface area contributed by atoms with Crippen LogP contribution in [-0.2, 0) is 11.2 Å². The van der Waals surface area contributed by atoms with Crippen LogP contribution in [0.5, 0.6) is 0 Å². The number of carbonyl (C=O) groups excluding carboxylic acids is 1. The maximum Gasteiger partial charge on any atom is 0.257 e. The lowest BCUT2D eigenvalue weighted by atomic mass is 10.1. The molecule has 0 bridgehead atoms. The van der Waals surface area contributed by atoms with Crippen molar-refractivity contribution in [3.05, 3.63) is 28.7 Å². The Kier molecular flexibility index (Phi) is 5.13. The molecule has 1 atom stereocenters. The molecule has 6 heteroatoms. The number of hydrogen-bond acceptors (Lipinski definition) is 4. The van der Waals surface area contributed by atoms with Gasteiger partial charge in [0.15, 0.2) is 5.65 Å². The predicted molar refractivity (Wildman–Crippen MR) is 85.3 cm³/mol. The molecule has 6 nitrogen and oxygen atoms in total. The van der Waals surface area contributed by atoms with Gasteiger partial charge in [0.25, 0.3) is 5.91 Å². The van der Waals surface area contributed by atoms with Crippen molar-refractivity contribution in [2.45, 2.75) is 46.6 Å². The highest BCUT2D eigenvalue weighted by Gasteiger charge is 2.19. The molecule has 0 aliphatic carbocycles. The van der Waals surface area contributed by atoms with E-state index in [1.807, 2.05) is 20.8 Å². The summed E-state index contributed by atoms with van der Waals surface area (Å²) < 4.78 is 6.87. The maximum atomic E-state index is 12.5. The Labute approximate surface area is 130 Å². The van der Waals surface area contributed by atoms with Crippen molar-refractivity contribution in [3.8, 4) is 0 Å². The van der Waals surface area contributed by atoms with Crippen LogP contribution >= 0.6 is 0 Å². The van der Waals surface area contributed by atoms with Crippen molar-refractivity contribution < 1.29 is 9.53 Å².